The Morgan fingerprint density at radius 3 is 2.38 bits per heavy atom. The standard InChI is InChI=1S/C23H22N2O3S/c1-28-21-9-5-8-20(22(21)26)14-24-25-23(27)19-12-10-18(11-13-19)16-29-15-17-6-3-2-4-7-17/h2-14,26H,15-16H2,1H3,(H,25,27)/b24-14-. The number of hydrogen-bond acceptors (Lipinski definition) is 5. The lowest BCUT2D eigenvalue weighted by molar-refractivity contribution is 0.0955. The van der Waals surface area contributed by atoms with Gasteiger partial charge in [-0.3, -0.25) is 4.79 Å². The quantitative estimate of drug-likeness (QED) is 0.424. The zero-order valence-corrected chi connectivity index (χ0v) is 16.9. The van der Waals surface area contributed by atoms with Crippen molar-refractivity contribution in [1.29, 1.82) is 0 Å². The van der Waals surface area contributed by atoms with Crippen molar-refractivity contribution in [1.82, 2.24) is 5.43 Å². The van der Waals surface area contributed by atoms with Gasteiger partial charge in [0.15, 0.2) is 11.5 Å². The molecule has 0 heterocycles. The first kappa shape index (κ1) is 20.5. The maximum absolute atomic E-state index is 12.2. The fourth-order valence-electron chi connectivity index (χ4n) is 2.65. The third kappa shape index (κ3) is 5.86. The summed E-state index contributed by atoms with van der Waals surface area (Å²) in [4.78, 5) is 12.2. The minimum Gasteiger partial charge on any atom is -0.504 e. The molecule has 0 saturated carbocycles. The van der Waals surface area contributed by atoms with Crippen molar-refractivity contribution in [2.45, 2.75) is 11.5 Å². The van der Waals surface area contributed by atoms with E-state index in [0.29, 0.717) is 16.9 Å². The number of amides is 1. The van der Waals surface area contributed by atoms with Crippen LogP contribution in [0.15, 0.2) is 77.9 Å². The van der Waals surface area contributed by atoms with E-state index >= 15 is 0 Å². The molecule has 0 aromatic heterocycles. The van der Waals surface area contributed by atoms with Crippen LogP contribution < -0.4 is 10.2 Å². The third-order valence-electron chi connectivity index (χ3n) is 4.22. The Labute approximate surface area is 174 Å². The van der Waals surface area contributed by atoms with Crippen LogP contribution in [0, 0.1) is 0 Å². The highest BCUT2D eigenvalue weighted by Gasteiger charge is 2.06. The summed E-state index contributed by atoms with van der Waals surface area (Å²) in [5, 5.41) is 13.9. The van der Waals surface area contributed by atoms with E-state index in [1.165, 1.54) is 18.9 Å². The number of carbonyl (C=O) groups excluding carboxylic acids is 1. The summed E-state index contributed by atoms with van der Waals surface area (Å²) in [6.07, 6.45) is 1.38. The normalized spacial score (nSPS) is 10.8. The van der Waals surface area contributed by atoms with Crippen LogP contribution in [0.5, 0.6) is 11.5 Å². The van der Waals surface area contributed by atoms with E-state index in [1.54, 1.807) is 30.3 Å². The summed E-state index contributed by atoms with van der Waals surface area (Å²) in [5.74, 6) is 1.84. The SMILES string of the molecule is COc1cccc(/C=N\NC(=O)c2ccc(CSCc3ccccc3)cc2)c1O. The van der Waals surface area contributed by atoms with Crippen LogP contribution in [0.1, 0.15) is 27.0 Å². The molecular formula is C23H22N2O3S. The van der Waals surface area contributed by atoms with Gasteiger partial charge in [-0.25, -0.2) is 5.43 Å². The molecule has 29 heavy (non-hydrogen) atoms. The number of ether oxygens (including phenoxy) is 1. The fourth-order valence-corrected chi connectivity index (χ4v) is 3.60. The average molecular weight is 407 g/mol. The molecule has 0 aliphatic heterocycles. The predicted octanol–water partition coefficient (Wildman–Crippen LogP) is 4.60. The Morgan fingerprint density at radius 1 is 1.00 bits per heavy atom. The van der Waals surface area contributed by atoms with Gasteiger partial charge in [-0.1, -0.05) is 48.5 Å². The van der Waals surface area contributed by atoms with Crippen molar-refractivity contribution >= 4 is 23.9 Å². The Balaban J connectivity index is 1.51. The number of benzene rings is 3. The fraction of sp³-hybridized carbons (Fsp3) is 0.130. The summed E-state index contributed by atoms with van der Waals surface area (Å²) in [5.41, 5.74) is 5.90. The molecule has 2 N–H and O–H groups in total. The van der Waals surface area contributed by atoms with Crippen LogP contribution in [-0.2, 0) is 11.5 Å². The van der Waals surface area contributed by atoms with E-state index in [9.17, 15) is 9.90 Å². The van der Waals surface area contributed by atoms with Crippen molar-refractivity contribution in [3.63, 3.8) is 0 Å². The number of para-hydroxylation sites is 1. The second-order valence-corrected chi connectivity index (χ2v) is 7.26. The van der Waals surface area contributed by atoms with Crippen LogP contribution >= 0.6 is 11.8 Å². The third-order valence-corrected chi connectivity index (χ3v) is 5.29. The van der Waals surface area contributed by atoms with Crippen LogP contribution in [0.25, 0.3) is 0 Å². The molecule has 0 fully saturated rings. The number of rotatable bonds is 8. The van der Waals surface area contributed by atoms with Crippen molar-refractivity contribution in [2.24, 2.45) is 5.10 Å². The molecule has 3 aromatic rings. The number of hydrazone groups is 1. The molecule has 0 unspecified atom stereocenters. The van der Waals surface area contributed by atoms with Crippen molar-refractivity contribution in [3.05, 3.63) is 95.1 Å². The molecule has 3 aromatic carbocycles. The van der Waals surface area contributed by atoms with Crippen molar-refractivity contribution in [2.75, 3.05) is 7.11 Å². The van der Waals surface area contributed by atoms with E-state index in [4.69, 9.17) is 4.74 Å². The molecule has 0 atom stereocenters. The molecule has 0 radical (unpaired) electrons. The van der Waals surface area contributed by atoms with Gasteiger partial charge in [-0.15, -0.1) is 0 Å². The number of aromatic hydroxyl groups is 1. The minimum absolute atomic E-state index is 0.0228. The maximum atomic E-state index is 12.2. The Bertz CT molecular complexity index is 973. The highest BCUT2D eigenvalue weighted by atomic mass is 32.2. The molecule has 0 aliphatic rings. The van der Waals surface area contributed by atoms with Crippen LogP contribution in [0.4, 0.5) is 0 Å². The Kier molecular flexibility index (Phi) is 7.30. The monoisotopic (exact) mass is 406 g/mol. The van der Waals surface area contributed by atoms with Gasteiger partial charge in [0, 0.05) is 22.6 Å². The summed E-state index contributed by atoms with van der Waals surface area (Å²) in [7, 11) is 1.47. The van der Waals surface area contributed by atoms with Crippen LogP contribution in [0.3, 0.4) is 0 Å². The number of carbonyl (C=O) groups is 1. The van der Waals surface area contributed by atoms with Gasteiger partial charge >= 0.3 is 0 Å². The summed E-state index contributed by atoms with van der Waals surface area (Å²) < 4.78 is 5.05. The van der Waals surface area contributed by atoms with Gasteiger partial charge in [-0.2, -0.15) is 16.9 Å². The van der Waals surface area contributed by atoms with E-state index < -0.39 is 0 Å². The second-order valence-electron chi connectivity index (χ2n) is 6.27. The Morgan fingerprint density at radius 2 is 1.69 bits per heavy atom. The van der Waals surface area contributed by atoms with Gasteiger partial charge in [0.1, 0.15) is 0 Å². The topological polar surface area (TPSA) is 70.9 Å². The second kappa shape index (κ2) is 10.3. The van der Waals surface area contributed by atoms with Crippen LogP contribution in [0.2, 0.25) is 0 Å². The lowest BCUT2D eigenvalue weighted by Gasteiger charge is -2.05. The van der Waals surface area contributed by atoms with Gasteiger partial charge < -0.3 is 9.84 Å². The number of phenols is 1. The molecule has 0 aliphatic carbocycles. The van der Waals surface area contributed by atoms with Crippen LogP contribution in [-0.4, -0.2) is 24.3 Å². The maximum Gasteiger partial charge on any atom is 0.271 e. The number of nitrogens with zero attached hydrogens (tertiary/aromatic N) is 1. The molecule has 5 nitrogen and oxygen atoms in total. The van der Waals surface area contributed by atoms with Gasteiger partial charge in [0.05, 0.1) is 13.3 Å². The molecule has 6 heteroatoms. The number of thioether (sulfide) groups is 1. The predicted molar refractivity (Wildman–Crippen MR) is 118 cm³/mol. The van der Waals surface area contributed by atoms with Crippen molar-refractivity contribution in [3.8, 4) is 11.5 Å². The highest BCUT2D eigenvalue weighted by Crippen LogP contribution is 2.27. The first-order valence-corrected chi connectivity index (χ1v) is 10.2. The van der Waals surface area contributed by atoms with Gasteiger partial charge in [0.25, 0.3) is 5.91 Å². The van der Waals surface area contributed by atoms with E-state index in [0.717, 1.165) is 17.1 Å². The number of nitrogens with one attached hydrogen (secondary N) is 1. The molecule has 0 bridgehead atoms. The highest BCUT2D eigenvalue weighted by molar-refractivity contribution is 7.97. The van der Waals surface area contributed by atoms with E-state index in [-0.39, 0.29) is 11.7 Å². The zero-order valence-electron chi connectivity index (χ0n) is 16.0. The number of hydrogen-bond donors (Lipinski definition) is 2. The molecule has 0 spiro atoms. The smallest absolute Gasteiger partial charge is 0.271 e. The number of phenolic OH excluding ortho intramolecular Hbond substituents is 1. The molecule has 148 valence electrons. The largest absolute Gasteiger partial charge is 0.504 e. The number of methoxy groups -OCH3 is 1. The first-order valence-electron chi connectivity index (χ1n) is 9.07. The van der Waals surface area contributed by atoms with Gasteiger partial charge in [-0.05, 0) is 35.4 Å². The molecule has 0 saturated heterocycles. The summed E-state index contributed by atoms with van der Waals surface area (Å²) >= 11 is 1.83. The average Bonchev–Trinajstić information content (AvgIpc) is 2.76. The summed E-state index contributed by atoms with van der Waals surface area (Å²) in [6, 6.07) is 22.9. The molecule has 3 rings (SSSR count). The first-order chi connectivity index (χ1) is 14.2. The minimum atomic E-state index is -0.313. The van der Waals surface area contributed by atoms with Gasteiger partial charge in [0.2, 0.25) is 0 Å². The lowest BCUT2D eigenvalue weighted by Crippen LogP contribution is -2.17. The van der Waals surface area contributed by atoms with Crippen molar-refractivity contribution < 1.29 is 14.6 Å². The lowest BCUT2D eigenvalue weighted by atomic mass is 10.1. The van der Waals surface area contributed by atoms with E-state index in [1.807, 2.05) is 42.1 Å². The summed E-state index contributed by atoms with van der Waals surface area (Å²) in [6.45, 7) is 0. The molecular weight excluding hydrogens is 384 g/mol. The van der Waals surface area contributed by atoms with E-state index in [2.05, 4.69) is 22.7 Å². The molecule has 1 amide bonds. The Hall–Kier alpha value is -3.25. The zero-order chi connectivity index (χ0) is 20.5.